The third kappa shape index (κ3) is 2.50. The van der Waals surface area contributed by atoms with E-state index in [0.717, 1.165) is 35.2 Å². The van der Waals surface area contributed by atoms with Gasteiger partial charge in [0.05, 0.1) is 11.3 Å². The Kier molecular flexibility index (Phi) is 3.62. The minimum absolute atomic E-state index is 0.229. The first-order chi connectivity index (χ1) is 10.2. The zero-order chi connectivity index (χ0) is 14.8. The van der Waals surface area contributed by atoms with Gasteiger partial charge in [-0.05, 0) is 48.1 Å². The molecule has 1 saturated carbocycles. The third-order valence-corrected chi connectivity index (χ3v) is 4.25. The highest BCUT2D eigenvalue weighted by Gasteiger charge is 2.21. The first-order valence-corrected chi connectivity index (χ1v) is 7.24. The van der Waals surface area contributed by atoms with Crippen molar-refractivity contribution in [2.45, 2.75) is 25.2 Å². The molecule has 0 heterocycles. The number of rotatable bonds is 3. The smallest absolute Gasteiger partial charge is 0.124 e. The summed E-state index contributed by atoms with van der Waals surface area (Å²) in [4.78, 5) is 0. The first kappa shape index (κ1) is 13.6. The van der Waals surface area contributed by atoms with Crippen LogP contribution in [0, 0.1) is 17.1 Å². The molecule has 1 aliphatic carbocycles. The molecule has 0 radical (unpaired) electrons. The molecule has 0 atom stereocenters. The number of benzene rings is 2. The normalized spacial score (nSPS) is 14.3. The minimum Gasteiger partial charge on any atom is -0.387 e. The van der Waals surface area contributed by atoms with Gasteiger partial charge in [0, 0.05) is 12.6 Å². The number of hydrogen-bond acceptors (Lipinski definition) is 2. The van der Waals surface area contributed by atoms with Gasteiger partial charge in [0.25, 0.3) is 0 Å². The second-order valence-electron chi connectivity index (χ2n) is 5.49. The van der Waals surface area contributed by atoms with E-state index in [-0.39, 0.29) is 5.82 Å². The van der Waals surface area contributed by atoms with Crippen LogP contribution in [0.1, 0.15) is 36.3 Å². The van der Waals surface area contributed by atoms with Crippen LogP contribution in [0.15, 0.2) is 36.4 Å². The lowest BCUT2D eigenvalue weighted by Gasteiger charge is -2.26. The largest absolute Gasteiger partial charge is 0.387 e. The van der Waals surface area contributed by atoms with Gasteiger partial charge in [0.2, 0.25) is 0 Å². The van der Waals surface area contributed by atoms with Crippen LogP contribution in [0.25, 0.3) is 11.1 Å². The van der Waals surface area contributed by atoms with Gasteiger partial charge in [-0.1, -0.05) is 24.6 Å². The Morgan fingerprint density at radius 1 is 1.24 bits per heavy atom. The van der Waals surface area contributed by atoms with E-state index in [9.17, 15) is 9.65 Å². The Morgan fingerprint density at radius 3 is 2.67 bits per heavy atom. The zero-order valence-electron chi connectivity index (χ0n) is 12.0. The van der Waals surface area contributed by atoms with E-state index in [1.165, 1.54) is 12.5 Å². The monoisotopic (exact) mass is 280 g/mol. The summed E-state index contributed by atoms with van der Waals surface area (Å²) in [6, 6.07) is 13.0. The summed E-state index contributed by atoms with van der Waals surface area (Å²) < 4.78 is 14.0. The maximum atomic E-state index is 14.0. The Morgan fingerprint density at radius 2 is 2.05 bits per heavy atom. The quantitative estimate of drug-likeness (QED) is 0.886. The van der Waals surface area contributed by atoms with E-state index in [4.69, 9.17) is 0 Å². The van der Waals surface area contributed by atoms with Gasteiger partial charge in [-0.25, -0.2) is 4.39 Å². The maximum Gasteiger partial charge on any atom is 0.124 e. The highest BCUT2D eigenvalue weighted by Crippen LogP contribution is 2.39. The molecule has 2 aromatic rings. The van der Waals surface area contributed by atoms with Crippen LogP contribution in [0.5, 0.6) is 0 Å². The average molecular weight is 280 g/mol. The lowest BCUT2D eigenvalue weighted by Crippen LogP contribution is -2.09. The Bertz CT molecular complexity index is 712. The van der Waals surface area contributed by atoms with Crippen LogP contribution in [0.4, 0.5) is 10.1 Å². The van der Waals surface area contributed by atoms with E-state index in [2.05, 4.69) is 11.4 Å². The summed E-state index contributed by atoms with van der Waals surface area (Å²) in [5, 5.41) is 12.4. The Hall–Kier alpha value is -2.34. The van der Waals surface area contributed by atoms with Crippen LogP contribution >= 0.6 is 0 Å². The fourth-order valence-electron chi connectivity index (χ4n) is 2.87. The summed E-state index contributed by atoms with van der Waals surface area (Å²) in [5.41, 5.74) is 3.94. The van der Waals surface area contributed by atoms with Gasteiger partial charge < -0.3 is 5.32 Å². The molecular weight excluding hydrogens is 263 g/mol. The molecule has 2 aromatic carbocycles. The van der Waals surface area contributed by atoms with Crippen LogP contribution in [0.2, 0.25) is 0 Å². The number of halogens is 1. The molecule has 0 spiro atoms. The average Bonchev–Trinajstić information content (AvgIpc) is 2.43. The lowest BCUT2D eigenvalue weighted by atomic mass is 9.79. The predicted molar refractivity (Wildman–Crippen MR) is 82.7 cm³/mol. The van der Waals surface area contributed by atoms with Crippen molar-refractivity contribution in [3.05, 3.63) is 53.3 Å². The second kappa shape index (κ2) is 5.57. The van der Waals surface area contributed by atoms with E-state index < -0.39 is 0 Å². The van der Waals surface area contributed by atoms with E-state index in [1.807, 2.05) is 24.3 Å². The van der Waals surface area contributed by atoms with Crippen LogP contribution in [-0.4, -0.2) is 7.05 Å². The molecule has 0 bridgehead atoms. The molecule has 2 nitrogen and oxygen atoms in total. The highest BCUT2D eigenvalue weighted by atomic mass is 19.1. The SMILES string of the molecule is CNc1cccc(-c2cc(F)cc(C3CCC3)c2)c1C#N. The van der Waals surface area contributed by atoms with Crippen molar-refractivity contribution in [2.24, 2.45) is 0 Å². The van der Waals surface area contributed by atoms with Crippen molar-refractivity contribution in [3.8, 4) is 17.2 Å². The van der Waals surface area contributed by atoms with Crippen LogP contribution in [0.3, 0.4) is 0 Å². The van der Waals surface area contributed by atoms with Gasteiger partial charge >= 0.3 is 0 Å². The molecule has 3 rings (SSSR count). The van der Waals surface area contributed by atoms with Crippen molar-refractivity contribution >= 4 is 5.69 Å². The highest BCUT2D eigenvalue weighted by molar-refractivity contribution is 5.78. The topological polar surface area (TPSA) is 35.8 Å². The molecule has 0 aromatic heterocycles. The summed E-state index contributed by atoms with van der Waals surface area (Å²) in [5.74, 6) is 0.241. The molecule has 1 aliphatic rings. The minimum atomic E-state index is -0.229. The molecule has 0 unspecified atom stereocenters. The number of hydrogen-bond donors (Lipinski definition) is 1. The molecule has 1 N–H and O–H groups in total. The maximum absolute atomic E-state index is 14.0. The summed E-state index contributed by atoms with van der Waals surface area (Å²) in [6.07, 6.45) is 3.48. The van der Waals surface area contributed by atoms with Gasteiger partial charge in [-0.3, -0.25) is 0 Å². The lowest BCUT2D eigenvalue weighted by molar-refractivity contribution is 0.418. The molecule has 0 saturated heterocycles. The Labute approximate surface area is 124 Å². The van der Waals surface area contributed by atoms with E-state index >= 15 is 0 Å². The van der Waals surface area contributed by atoms with Gasteiger partial charge in [-0.2, -0.15) is 5.26 Å². The first-order valence-electron chi connectivity index (χ1n) is 7.24. The van der Waals surface area contributed by atoms with Crippen molar-refractivity contribution < 1.29 is 4.39 Å². The van der Waals surface area contributed by atoms with Crippen molar-refractivity contribution in [1.29, 1.82) is 5.26 Å². The van der Waals surface area contributed by atoms with Gasteiger partial charge in [0.1, 0.15) is 11.9 Å². The summed E-state index contributed by atoms with van der Waals surface area (Å²) >= 11 is 0. The molecule has 106 valence electrons. The fraction of sp³-hybridized carbons (Fsp3) is 0.278. The number of nitrogens with one attached hydrogen (secondary N) is 1. The molecule has 21 heavy (non-hydrogen) atoms. The zero-order valence-corrected chi connectivity index (χ0v) is 12.0. The van der Waals surface area contributed by atoms with Crippen LogP contribution < -0.4 is 5.32 Å². The molecule has 3 heteroatoms. The van der Waals surface area contributed by atoms with Gasteiger partial charge in [0.15, 0.2) is 0 Å². The van der Waals surface area contributed by atoms with E-state index in [1.54, 1.807) is 13.1 Å². The summed E-state index contributed by atoms with van der Waals surface area (Å²) in [6.45, 7) is 0. The van der Waals surface area contributed by atoms with Gasteiger partial charge in [-0.15, -0.1) is 0 Å². The molecule has 1 fully saturated rings. The van der Waals surface area contributed by atoms with Crippen molar-refractivity contribution in [3.63, 3.8) is 0 Å². The van der Waals surface area contributed by atoms with Crippen LogP contribution in [-0.2, 0) is 0 Å². The number of anilines is 1. The molecule has 0 amide bonds. The van der Waals surface area contributed by atoms with Crippen molar-refractivity contribution in [2.75, 3.05) is 12.4 Å². The molecular formula is C18H17FN2. The summed E-state index contributed by atoms with van der Waals surface area (Å²) in [7, 11) is 1.78. The van der Waals surface area contributed by atoms with E-state index in [0.29, 0.717) is 11.5 Å². The van der Waals surface area contributed by atoms with Crippen molar-refractivity contribution in [1.82, 2.24) is 0 Å². The molecule has 0 aliphatic heterocycles. The third-order valence-electron chi connectivity index (χ3n) is 4.25. The second-order valence-corrected chi connectivity index (χ2v) is 5.49. The number of nitrogens with zero attached hydrogens (tertiary/aromatic N) is 1. The standard InChI is InChI=1S/C18H17FN2/c1-21-18-7-3-6-16(17(18)11-20)14-8-13(9-15(19)10-14)12-4-2-5-12/h3,6-10,12,21H,2,4-5H2,1H3. The fourth-order valence-corrected chi connectivity index (χ4v) is 2.87. The Balaban J connectivity index is 2.12. The predicted octanol–water partition coefficient (Wildman–Crippen LogP) is 4.67. The number of nitriles is 1.